The van der Waals surface area contributed by atoms with Crippen molar-refractivity contribution in [3.63, 3.8) is 0 Å². The van der Waals surface area contributed by atoms with Gasteiger partial charge in [-0.1, -0.05) is 76.5 Å². The predicted octanol–water partition coefficient (Wildman–Crippen LogP) is 2.99. The van der Waals surface area contributed by atoms with Crippen molar-refractivity contribution in [3.05, 3.63) is 89.0 Å². The highest BCUT2D eigenvalue weighted by Gasteiger charge is 2.50. The van der Waals surface area contributed by atoms with Crippen LogP contribution in [-0.2, 0) is 0 Å². The fraction of sp³-hybridized carbons (Fsp3) is 0.138. The van der Waals surface area contributed by atoms with E-state index in [0.29, 0.717) is 15.5 Å². The van der Waals surface area contributed by atoms with E-state index in [1.807, 2.05) is 36.4 Å². The van der Waals surface area contributed by atoms with E-state index in [2.05, 4.69) is 48.9 Å². The molecule has 2 aliphatic rings. The summed E-state index contributed by atoms with van der Waals surface area (Å²) in [6.07, 6.45) is 2.13. The van der Waals surface area contributed by atoms with Crippen LogP contribution in [0.1, 0.15) is 30.5 Å². The number of rotatable bonds is 1. The molecule has 0 radical (unpaired) electrons. The third-order valence-electron chi connectivity index (χ3n) is 7.45. The molecule has 0 spiro atoms. The van der Waals surface area contributed by atoms with Gasteiger partial charge in [0.15, 0.2) is 0 Å². The van der Waals surface area contributed by atoms with Gasteiger partial charge in [-0.2, -0.15) is 0 Å². The molecule has 33 heavy (non-hydrogen) atoms. The van der Waals surface area contributed by atoms with Gasteiger partial charge in [-0.3, -0.25) is 0 Å². The van der Waals surface area contributed by atoms with Crippen LogP contribution in [0.15, 0.2) is 66.7 Å². The van der Waals surface area contributed by atoms with E-state index in [-0.39, 0.29) is 18.0 Å². The first-order chi connectivity index (χ1) is 18.5. The molecule has 2 aliphatic heterocycles. The number of hydrogen-bond acceptors (Lipinski definition) is 1. The van der Waals surface area contributed by atoms with Crippen molar-refractivity contribution in [1.29, 1.82) is 0 Å². The van der Waals surface area contributed by atoms with E-state index in [0.717, 1.165) is 43.1 Å². The van der Waals surface area contributed by atoms with Gasteiger partial charge in [-0.15, -0.1) is 11.3 Å². The molecule has 0 N–H and O–H groups in total. The van der Waals surface area contributed by atoms with Gasteiger partial charge >= 0.3 is 6.85 Å². The summed E-state index contributed by atoms with van der Waals surface area (Å²) in [5.74, 6) is 0. The van der Waals surface area contributed by atoms with Crippen molar-refractivity contribution in [2.45, 2.75) is 20.6 Å². The molecule has 0 atom stereocenters. The zero-order chi connectivity index (χ0) is 27.4. The number of nitrogens with zero attached hydrogens (tertiary/aromatic N) is 1. The number of benzene rings is 4. The molecule has 0 saturated heterocycles. The molecular weight excluding hydrogens is 416 g/mol. The fourth-order valence-electron chi connectivity index (χ4n) is 6.11. The first-order valence-corrected chi connectivity index (χ1v) is 12.1. The smallest absolute Gasteiger partial charge is 0.315 e. The molecular formula is C29H24B2NS+. The molecule has 4 aromatic carbocycles. The van der Waals surface area contributed by atoms with Crippen LogP contribution in [0.4, 0.5) is 0 Å². The van der Waals surface area contributed by atoms with E-state index in [4.69, 9.17) is 8.22 Å². The van der Waals surface area contributed by atoms with Crippen LogP contribution >= 0.6 is 11.3 Å². The van der Waals surface area contributed by atoms with Crippen molar-refractivity contribution in [2.24, 2.45) is 0 Å². The Morgan fingerprint density at radius 1 is 0.818 bits per heavy atom. The van der Waals surface area contributed by atoms with E-state index in [9.17, 15) is 0 Å². The molecule has 0 saturated carbocycles. The van der Waals surface area contributed by atoms with Gasteiger partial charge in [-0.25, -0.2) is 0 Å². The fourth-order valence-corrected chi connectivity index (χ4v) is 7.25. The first-order valence-electron chi connectivity index (χ1n) is 14.2. The van der Waals surface area contributed by atoms with Crippen molar-refractivity contribution in [3.8, 4) is 0 Å². The Balaban J connectivity index is 1.69. The summed E-state index contributed by atoms with van der Waals surface area (Å²) >= 11 is 1.44. The van der Waals surface area contributed by atoms with Crippen LogP contribution < -0.4 is 27.3 Å². The summed E-state index contributed by atoms with van der Waals surface area (Å²) < 4.78 is 56.0. The van der Waals surface area contributed by atoms with Gasteiger partial charge in [-0.05, 0) is 43.9 Å². The molecule has 1 nitrogen and oxygen atoms in total. The van der Waals surface area contributed by atoms with E-state index in [1.54, 1.807) is 6.07 Å². The van der Waals surface area contributed by atoms with Gasteiger partial charge in [0.1, 0.15) is 13.3 Å². The second-order valence-corrected chi connectivity index (χ2v) is 10.3. The zero-order valence-corrected chi connectivity index (χ0v) is 19.3. The minimum atomic E-state index is -2.52. The lowest BCUT2D eigenvalue weighted by Gasteiger charge is -2.29. The van der Waals surface area contributed by atoms with E-state index < -0.39 is 20.4 Å². The maximum Gasteiger partial charge on any atom is 0.553 e. The molecule has 0 aliphatic carbocycles. The highest BCUT2D eigenvalue weighted by molar-refractivity contribution is 7.26. The standard InChI is InChI=1S/C29H24B2NS/c1-17-9-7-12-23-27(17)31-28-20(16-32(31)4)10-8-13-24(28)30(23)26-18(2)15-22-21-11-5-6-14-25(21)33-29(22)19(26)3/h5-16H,1-4H3/q+1/i2D3,3D3. The summed E-state index contributed by atoms with van der Waals surface area (Å²) in [5.41, 5.74) is 7.11. The second-order valence-electron chi connectivity index (χ2n) is 9.25. The van der Waals surface area contributed by atoms with Crippen molar-refractivity contribution in [1.82, 2.24) is 0 Å². The number of thiophene rings is 1. The third-order valence-corrected chi connectivity index (χ3v) is 8.65. The molecule has 0 fully saturated rings. The topological polar surface area (TPSA) is 3.01 Å². The van der Waals surface area contributed by atoms with Crippen LogP contribution in [0.2, 0.25) is 0 Å². The normalized spacial score (nSPS) is 17.6. The number of aryl methyl sites for hydroxylation is 3. The summed E-state index contributed by atoms with van der Waals surface area (Å²) in [6.45, 7) is -3.46. The van der Waals surface area contributed by atoms with E-state index >= 15 is 0 Å². The van der Waals surface area contributed by atoms with Crippen molar-refractivity contribution in [2.75, 3.05) is 7.05 Å². The first kappa shape index (κ1) is 14.2. The Bertz CT molecular complexity index is 1890. The molecule has 7 rings (SSSR count). The molecule has 156 valence electrons. The SMILES string of the molecule is [2H]C([2H])([2H])c1cc2c(sc3ccccc32)c(C([2H])([2H])[2H])c1B1c2cccc(C)c2B2c3c(cccc31)C=[N+]2C. The van der Waals surface area contributed by atoms with Gasteiger partial charge < -0.3 is 4.49 Å². The second kappa shape index (κ2) is 6.71. The summed E-state index contributed by atoms with van der Waals surface area (Å²) in [6, 6.07) is 21.8. The lowest BCUT2D eigenvalue weighted by molar-refractivity contribution is -0.338. The summed E-state index contributed by atoms with van der Waals surface area (Å²) in [5, 5.41) is 1.58. The molecule has 4 heteroatoms. The molecule has 1 aromatic heterocycles. The van der Waals surface area contributed by atoms with Crippen LogP contribution in [0.25, 0.3) is 20.2 Å². The minimum Gasteiger partial charge on any atom is -0.315 e. The maximum atomic E-state index is 8.77. The highest BCUT2D eigenvalue weighted by atomic mass is 32.1. The molecule has 3 heterocycles. The summed E-state index contributed by atoms with van der Waals surface area (Å²) in [7, 11) is 2.07. The van der Waals surface area contributed by atoms with Gasteiger partial charge in [0, 0.05) is 44.9 Å². The van der Waals surface area contributed by atoms with Gasteiger partial charge in [0.2, 0.25) is 6.71 Å². The Hall–Kier alpha value is -3.10. The van der Waals surface area contributed by atoms with Crippen LogP contribution in [0.5, 0.6) is 0 Å². The van der Waals surface area contributed by atoms with Crippen molar-refractivity contribution >= 4 is 78.6 Å². The largest absolute Gasteiger partial charge is 0.553 e. The molecule has 0 amide bonds. The van der Waals surface area contributed by atoms with Crippen LogP contribution in [0, 0.1) is 20.6 Å². The van der Waals surface area contributed by atoms with Crippen LogP contribution in [0.3, 0.4) is 0 Å². The number of hydrogen-bond donors (Lipinski definition) is 0. The van der Waals surface area contributed by atoms with Crippen molar-refractivity contribution < 1.29 is 12.7 Å². The highest BCUT2D eigenvalue weighted by Crippen LogP contribution is 2.36. The van der Waals surface area contributed by atoms with Gasteiger partial charge in [0.05, 0.1) is 0 Å². The minimum absolute atomic E-state index is 0.00382. The zero-order valence-electron chi connectivity index (χ0n) is 24.4. The van der Waals surface area contributed by atoms with Crippen LogP contribution in [-0.4, -0.2) is 31.3 Å². The average molecular weight is 446 g/mol. The Morgan fingerprint density at radius 3 is 2.48 bits per heavy atom. The average Bonchev–Trinajstić information content (AvgIpc) is 3.40. The Morgan fingerprint density at radius 2 is 1.64 bits per heavy atom. The quantitative estimate of drug-likeness (QED) is 0.349. The maximum absolute atomic E-state index is 8.77. The molecule has 0 unspecified atom stereocenters. The third kappa shape index (κ3) is 2.48. The predicted molar refractivity (Wildman–Crippen MR) is 147 cm³/mol. The lowest BCUT2D eigenvalue weighted by Crippen LogP contribution is -2.74. The Labute approximate surface area is 208 Å². The molecule has 5 aromatic rings. The van der Waals surface area contributed by atoms with Gasteiger partial charge in [0.25, 0.3) is 0 Å². The Kier molecular flexibility index (Phi) is 2.89. The lowest BCUT2D eigenvalue weighted by atomic mass is 9.24. The molecule has 0 bridgehead atoms. The summed E-state index contributed by atoms with van der Waals surface area (Å²) in [4.78, 5) is 0. The number of fused-ring (bicyclic) bond motifs is 5. The monoisotopic (exact) mass is 446 g/mol. The van der Waals surface area contributed by atoms with E-state index in [1.165, 1.54) is 11.3 Å².